The molecule has 0 fully saturated rings. The number of aromatic carboxylic acids is 1. The second kappa shape index (κ2) is 4.93. The summed E-state index contributed by atoms with van der Waals surface area (Å²) in [5.41, 5.74) is 2.71. The number of carboxylic acid groups (broad SMARTS) is 1. The Hall–Kier alpha value is -2.84. The molecule has 2 rings (SSSR count). The van der Waals surface area contributed by atoms with Gasteiger partial charge in [0.15, 0.2) is 0 Å². The summed E-state index contributed by atoms with van der Waals surface area (Å²) in [5.74, 6) is -2.81. The van der Waals surface area contributed by atoms with Gasteiger partial charge in [0, 0.05) is 18.6 Å². The van der Waals surface area contributed by atoms with E-state index in [1.165, 1.54) is 18.3 Å². The van der Waals surface area contributed by atoms with Gasteiger partial charge in [-0.15, -0.1) is 0 Å². The SMILES string of the molecule is NC(=O)c1cccnc1-n1cc(C(=O)O)c(C(F)(F)F)c1. The molecule has 6 nitrogen and oxygen atoms in total. The number of alkyl halides is 3. The van der Waals surface area contributed by atoms with Crippen LogP contribution in [-0.4, -0.2) is 26.5 Å². The first-order valence-corrected chi connectivity index (χ1v) is 5.49. The van der Waals surface area contributed by atoms with Gasteiger partial charge < -0.3 is 15.4 Å². The molecule has 0 atom stereocenters. The molecule has 1 amide bonds. The molecule has 2 aromatic heterocycles. The lowest BCUT2D eigenvalue weighted by Crippen LogP contribution is -2.15. The maximum atomic E-state index is 12.8. The average molecular weight is 299 g/mol. The predicted molar refractivity (Wildman–Crippen MR) is 64.0 cm³/mol. The van der Waals surface area contributed by atoms with Crippen LogP contribution in [0.3, 0.4) is 0 Å². The Morgan fingerprint density at radius 3 is 2.38 bits per heavy atom. The van der Waals surface area contributed by atoms with E-state index in [0.717, 1.165) is 10.8 Å². The number of aromatic nitrogens is 2. The van der Waals surface area contributed by atoms with Crippen molar-refractivity contribution in [1.82, 2.24) is 9.55 Å². The van der Waals surface area contributed by atoms with Gasteiger partial charge in [-0.1, -0.05) is 0 Å². The van der Waals surface area contributed by atoms with Crippen LogP contribution in [0.5, 0.6) is 0 Å². The molecule has 0 spiro atoms. The molecule has 21 heavy (non-hydrogen) atoms. The monoisotopic (exact) mass is 299 g/mol. The van der Waals surface area contributed by atoms with Gasteiger partial charge in [-0.2, -0.15) is 13.2 Å². The molecule has 0 aliphatic rings. The predicted octanol–water partition coefficient (Wildman–Crippen LogP) is 1.69. The van der Waals surface area contributed by atoms with E-state index >= 15 is 0 Å². The second-order valence-electron chi connectivity index (χ2n) is 4.03. The Labute approximate surface area is 115 Å². The Bertz CT molecular complexity index is 722. The van der Waals surface area contributed by atoms with Crippen LogP contribution in [0.4, 0.5) is 13.2 Å². The summed E-state index contributed by atoms with van der Waals surface area (Å²) in [6.45, 7) is 0. The fourth-order valence-electron chi connectivity index (χ4n) is 1.77. The zero-order chi connectivity index (χ0) is 15.8. The molecule has 2 heterocycles. The molecule has 0 bridgehead atoms. The third-order valence-corrected chi connectivity index (χ3v) is 2.66. The number of rotatable bonds is 3. The Morgan fingerprint density at radius 2 is 1.90 bits per heavy atom. The van der Waals surface area contributed by atoms with E-state index in [9.17, 15) is 22.8 Å². The van der Waals surface area contributed by atoms with Crippen LogP contribution in [0.15, 0.2) is 30.7 Å². The summed E-state index contributed by atoms with van der Waals surface area (Å²) in [5, 5.41) is 8.84. The first kappa shape index (κ1) is 14.6. The highest BCUT2D eigenvalue weighted by Crippen LogP contribution is 2.33. The van der Waals surface area contributed by atoms with Crippen LogP contribution in [0, 0.1) is 0 Å². The standard InChI is InChI=1S/C12H8F3N3O3/c13-12(14,15)8-5-18(4-7(8)11(20)21)10-6(9(16)19)2-1-3-17-10/h1-5H,(H2,16,19)(H,20,21). The summed E-state index contributed by atoms with van der Waals surface area (Å²) >= 11 is 0. The summed E-state index contributed by atoms with van der Waals surface area (Å²) in [6, 6.07) is 2.66. The van der Waals surface area contributed by atoms with Crippen LogP contribution < -0.4 is 5.73 Å². The van der Waals surface area contributed by atoms with Crippen molar-refractivity contribution in [3.63, 3.8) is 0 Å². The lowest BCUT2D eigenvalue weighted by molar-refractivity contribution is -0.138. The van der Waals surface area contributed by atoms with Crippen LogP contribution in [0.25, 0.3) is 5.82 Å². The van der Waals surface area contributed by atoms with E-state index in [0.29, 0.717) is 6.20 Å². The topological polar surface area (TPSA) is 98.2 Å². The van der Waals surface area contributed by atoms with E-state index in [1.807, 2.05) is 0 Å². The normalized spacial score (nSPS) is 11.4. The summed E-state index contributed by atoms with van der Waals surface area (Å²) < 4.78 is 39.2. The lowest BCUT2D eigenvalue weighted by Gasteiger charge is -2.06. The number of halogens is 3. The van der Waals surface area contributed by atoms with Gasteiger partial charge in [-0.25, -0.2) is 9.78 Å². The van der Waals surface area contributed by atoms with Gasteiger partial charge in [0.2, 0.25) is 0 Å². The maximum Gasteiger partial charge on any atom is 0.418 e. The molecule has 0 saturated carbocycles. The average Bonchev–Trinajstić information content (AvgIpc) is 2.83. The Morgan fingerprint density at radius 1 is 1.24 bits per heavy atom. The number of amides is 1. The van der Waals surface area contributed by atoms with Gasteiger partial charge in [-0.3, -0.25) is 4.79 Å². The number of carbonyl (C=O) groups excluding carboxylic acids is 1. The van der Waals surface area contributed by atoms with E-state index in [1.54, 1.807) is 0 Å². The first-order valence-electron chi connectivity index (χ1n) is 5.49. The molecule has 3 N–H and O–H groups in total. The number of primary amides is 1. The van der Waals surface area contributed by atoms with E-state index in [-0.39, 0.29) is 11.4 Å². The molecular formula is C12H8F3N3O3. The van der Waals surface area contributed by atoms with Gasteiger partial charge in [0.25, 0.3) is 5.91 Å². The zero-order valence-corrected chi connectivity index (χ0v) is 10.3. The highest BCUT2D eigenvalue weighted by atomic mass is 19.4. The number of nitrogens with two attached hydrogens (primary N) is 1. The highest BCUT2D eigenvalue weighted by Gasteiger charge is 2.37. The van der Waals surface area contributed by atoms with E-state index < -0.39 is 29.2 Å². The smallest absolute Gasteiger partial charge is 0.418 e. The van der Waals surface area contributed by atoms with E-state index in [4.69, 9.17) is 10.8 Å². The fraction of sp³-hybridized carbons (Fsp3) is 0.0833. The fourth-order valence-corrected chi connectivity index (χ4v) is 1.77. The second-order valence-corrected chi connectivity index (χ2v) is 4.03. The molecule has 2 aromatic rings. The Balaban J connectivity index is 2.67. The van der Waals surface area contributed by atoms with Crippen molar-refractivity contribution in [2.75, 3.05) is 0 Å². The van der Waals surface area contributed by atoms with Crippen molar-refractivity contribution in [2.24, 2.45) is 5.73 Å². The number of hydrogen-bond acceptors (Lipinski definition) is 3. The largest absolute Gasteiger partial charge is 0.478 e. The molecule has 0 aliphatic heterocycles. The van der Waals surface area contributed by atoms with Crippen molar-refractivity contribution in [2.45, 2.75) is 6.18 Å². The summed E-state index contributed by atoms with van der Waals surface area (Å²) in [4.78, 5) is 25.9. The number of carbonyl (C=O) groups is 2. The molecule has 110 valence electrons. The molecule has 0 aliphatic carbocycles. The van der Waals surface area contributed by atoms with Crippen LogP contribution in [-0.2, 0) is 6.18 Å². The zero-order valence-electron chi connectivity index (χ0n) is 10.3. The van der Waals surface area contributed by atoms with Crippen molar-refractivity contribution in [3.05, 3.63) is 47.4 Å². The first-order chi connectivity index (χ1) is 9.71. The molecule has 0 unspecified atom stereocenters. The van der Waals surface area contributed by atoms with Crippen molar-refractivity contribution in [3.8, 4) is 5.82 Å². The minimum absolute atomic E-state index is 0.127. The van der Waals surface area contributed by atoms with Crippen molar-refractivity contribution in [1.29, 1.82) is 0 Å². The lowest BCUT2D eigenvalue weighted by atomic mass is 10.2. The van der Waals surface area contributed by atoms with Gasteiger partial charge in [0.05, 0.1) is 16.7 Å². The molecule has 0 aromatic carbocycles. The molecule has 9 heteroatoms. The number of hydrogen-bond donors (Lipinski definition) is 2. The Kier molecular flexibility index (Phi) is 3.42. The number of carboxylic acids is 1. The minimum Gasteiger partial charge on any atom is -0.478 e. The molecule has 0 radical (unpaired) electrons. The highest BCUT2D eigenvalue weighted by molar-refractivity contribution is 5.96. The third-order valence-electron chi connectivity index (χ3n) is 2.66. The molecule has 0 saturated heterocycles. The van der Waals surface area contributed by atoms with Gasteiger partial charge in [-0.05, 0) is 12.1 Å². The third kappa shape index (κ3) is 2.71. The summed E-state index contributed by atoms with van der Waals surface area (Å²) in [6.07, 6.45) is -2.31. The van der Waals surface area contributed by atoms with Gasteiger partial charge >= 0.3 is 12.1 Å². The minimum atomic E-state index is -4.85. The van der Waals surface area contributed by atoms with Crippen molar-refractivity contribution < 1.29 is 27.9 Å². The van der Waals surface area contributed by atoms with Crippen LogP contribution in [0.1, 0.15) is 26.3 Å². The van der Waals surface area contributed by atoms with Gasteiger partial charge in [0.1, 0.15) is 5.82 Å². The number of nitrogens with zero attached hydrogens (tertiary/aromatic N) is 2. The van der Waals surface area contributed by atoms with Crippen LogP contribution in [0.2, 0.25) is 0 Å². The summed E-state index contributed by atoms with van der Waals surface area (Å²) in [7, 11) is 0. The van der Waals surface area contributed by atoms with Crippen LogP contribution >= 0.6 is 0 Å². The van der Waals surface area contributed by atoms with E-state index in [2.05, 4.69) is 4.98 Å². The van der Waals surface area contributed by atoms with Crippen molar-refractivity contribution >= 4 is 11.9 Å². The maximum absolute atomic E-state index is 12.8. The quantitative estimate of drug-likeness (QED) is 0.901. The molecular weight excluding hydrogens is 291 g/mol. The number of pyridine rings is 1.